The zero-order valence-electron chi connectivity index (χ0n) is 9.86. The molecule has 0 saturated carbocycles. The molecule has 4 nitrogen and oxygen atoms in total. The first-order chi connectivity index (χ1) is 8.06. The molecular weight excluding hydrogens is 218 g/mol. The molecule has 2 rings (SSSR count). The van der Waals surface area contributed by atoms with Crippen LogP contribution in [0.3, 0.4) is 0 Å². The van der Waals surface area contributed by atoms with Gasteiger partial charge in [0, 0.05) is 17.1 Å². The molecule has 17 heavy (non-hydrogen) atoms. The van der Waals surface area contributed by atoms with Gasteiger partial charge < -0.3 is 14.8 Å². The second-order valence-electron chi connectivity index (χ2n) is 4.26. The summed E-state index contributed by atoms with van der Waals surface area (Å²) < 4.78 is 5.59. The lowest BCUT2D eigenvalue weighted by Gasteiger charge is -2.09. The van der Waals surface area contributed by atoms with Crippen LogP contribution in [-0.4, -0.2) is 22.2 Å². The highest BCUT2D eigenvalue weighted by Crippen LogP contribution is 2.24. The first-order valence-corrected chi connectivity index (χ1v) is 5.54. The summed E-state index contributed by atoms with van der Waals surface area (Å²) in [6.45, 7) is 3.92. The number of hydrogen-bond donors (Lipinski definition) is 2. The van der Waals surface area contributed by atoms with E-state index in [1.807, 2.05) is 32.0 Å². The minimum Gasteiger partial charge on any atom is -0.491 e. The van der Waals surface area contributed by atoms with Crippen LogP contribution in [-0.2, 0) is 11.2 Å². The van der Waals surface area contributed by atoms with Gasteiger partial charge in [0.25, 0.3) is 0 Å². The molecule has 1 aromatic heterocycles. The number of rotatable bonds is 4. The zero-order chi connectivity index (χ0) is 12.4. The highest BCUT2D eigenvalue weighted by atomic mass is 16.5. The molecule has 4 heteroatoms. The van der Waals surface area contributed by atoms with Crippen LogP contribution in [0.1, 0.15) is 19.4 Å². The predicted octanol–water partition coefficient (Wildman–Crippen LogP) is 2.58. The van der Waals surface area contributed by atoms with E-state index in [4.69, 9.17) is 9.84 Å². The Morgan fingerprint density at radius 2 is 2.24 bits per heavy atom. The second-order valence-corrected chi connectivity index (χ2v) is 4.26. The van der Waals surface area contributed by atoms with Crippen LogP contribution in [0.25, 0.3) is 10.9 Å². The second kappa shape index (κ2) is 4.49. The number of benzene rings is 1. The first-order valence-electron chi connectivity index (χ1n) is 5.54. The first kappa shape index (κ1) is 11.5. The van der Waals surface area contributed by atoms with Gasteiger partial charge in [-0.05, 0) is 37.6 Å². The number of H-pyrrole nitrogens is 1. The molecule has 0 radical (unpaired) electrons. The third-order valence-electron chi connectivity index (χ3n) is 2.45. The lowest BCUT2D eigenvalue weighted by Crippen LogP contribution is -2.05. The van der Waals surface area contributed by atoms with E-state index in [1.165, 1.54) is 0 Å². The standard InChI is InChI=1S/C13H15NO3/c1-8(2)17-10-3-4-12-11(6-10)9(7-14-12)5-13(15)16/h3-4,6-8,14H,5H2,1-2H3,(H,15,16). The van der Waals surface area contributed by atoms with Crippen molar-refractivity contribution >= 4 is 16.9 Å². The molecule has 0 amide bonds. The van der Waals surface area contributed by atoms with Crippen molar-refractivity contribution in [1.29, 1.82) is 0 Å². The van der Waals surface area contributed by atoms with Gasteiger partial charge in [-0.25, -0.2) is 0 Å². The van der Waals surface area contributed by atoms with Gasteiger partial charge in [-0.15, -0.1) is 0 Å². The fourth-order valence-corrected chi connectivity index (χ4v) is 1.81. The monoisotopic (exact) mass is 233 g/mol. The van der Waals surface area contributed by atoms with E-state index in [9.17, 15) is 4.79 Å². The Morgan fingerprint density at radius 1 is 1.47 bits per heavy atom. The molecule has 1 aromatic carbocycles. The predicted molar refractivity (Wildman–Crippen MR) is 65.4 cm³/mol. The van der Waals surface area contributed by atoms with E-state index in [0.717, 1.165) is 22.2 Å². The number of carboxylic acid groups (broad SMARTS) is 1. The van der Waals surface area contributed by atoms with Crippen LogP contribution in [0.4, 0.5) is 0 Å². The number of nitrogens with one attached hydrogen (secondary N) is 1. The molecule has 0 fully saturated rings. The van der Waals surface area contributed by atoms with Crippen LogP contribution >= 0.6 is 0 Å². The molecule has 0 spiro atoms. The number of aromatic amines is 1. The van der Waals surface area contributed by atoms with E-state index in [1.54, 1.807) is 6.20 Å². The molecule has 0 saturated heterocycles. The van der Waals surface area contributed by atoms with Crippen molar-refractivity contribution in [3.05, 3.63) is 30.0 Å². The van der Waals surface area contributed by atoms with Gasteiger partial charge in [-0.2, -0.15) is 0 Å². The molecule has 0 aliphatic rings. The maximum absolute atomic E-state index is 10.7. The lowest BCUT2D eigenvalue weighted by atomic mass is 10.1. The number of aliphatic carboxylic acids is 1. The molecule has 0 atom stereocenters. The van der Waals surface area contributed by atoms with Gasteiger partial charge in [0.05, 0.1) is 12.5 Å². The van der Waals surface area contributed by atoms with E-state index in [-0.39, 0.29) is 12.5 Å². The summed E-state index contributed by atoms with van der Waals surface area (Å²) in [5.41, 5.74) is 1.71. The van der Waals surface area contributed by atoms with Crippen molar-refractivity contribution in [1.82, 2.24) is 4.98 Å². The number of aromatic nitrogens is 1. The van der Waals surface area contributed by atoms with Crippen LogP contribution in [0, 0.1) is 0 Å². The van der Waals surface area contributed by atoms with Crippen molar-refractivity contribution in [3.8, 4) is 5.75 Å². The van der Waals surface area contributed by atoms with Crippen LogP contribution < -0.4 is 4.74 Å². The van der Waals surface area contributed by atoms with Gasteiger partial charge in [-0.3, -0.25) is 4.79 Å². The van der Waals surface area contributed by atoms with Crippen molar-refractivity contribution in [2.45, 2.75) is 26.4 Å². The summed E-state index contributed by atoms with van der Waals surface area (Å²) >= 11 is 0. The van der Waals surface area contributed by atoms with Crippen molar-refractivity contribution in [2.75, 3.05) is 0 Å². The Morgan fingerprint density at radius 3 is 2.88 bits per heavy atom. The van der Waals surface area contributed by atoms with Crippen LogP contribution in [0.15, 0.2) is 24.4 Å². The van der Waals surface area contributed by atoms with Crippen molar-refractivity contribution < 1.29 is 14.6 Å². The normalized spacial score (nSPS) is 11.0. The van der Waals surface area contributed by atoms with Gasteiger partial charge >= 0.3 is 5.97 Å². The number of fused-ring (bicyclic) bond motifs is 1. The topological polar surface area (TPSA) is 62.3 Å². The molecule has 90 valence electrons. The highest BCUT2D eigenvalue weighted by Gasteiger charge is 2.09. The van der Waals surface area contributed by atoms with Crippen molar-refractivity contribution in [3.63, 3.8) is 0 Å². The van der Waals surface area contributed by atoms with E-state index in [0.29, 0.717) is 0 Å². The van der Waals surface area contributed by atoms with Crippen LogP contribution in [0.5, 0.6) is 5.75 Å². The summed E-state index contributed by atoms with van der Waals surface area (Å²) in [4.78, 5) is 13.8. The van der Waals surface area contributed by atoms with E-state index in [2.05, 4.69) is 4.98 Å². The van der Waals surface area contributed by atoms with Crippen molar-refractivity contribution in [2.24, 2.45) is 0 Å². The SMILES string of the molecule is CC(C)Oc1ccc2[nH]cc(CC(=O)O)c2c1. The molecule has 0 bridgehead atoms. The Labute approximate surface area is 99.2 Å². The molecule has 0 unspecified atom stereocenters. The molecular formula is C13H15NO3. The number of ether oxygens (including phenoxy) is 1. The summed E-state index contributed by atoms with van der Waals surface area (Å²) in [6, 6.07) is 5.66. The van der Waals surface area contributed by atoms with Gasteiger partial charge in [0.1, 0.15) is 5.75 Å². The lowest BCUT2D eigenvalue weighted by molar-refractivity contribution is -0.136. The molecule has 0 aliphatic heterocycles. The maximum atomic E-state index is 10.7. The molecule has 1 heterocycles. The van der Waals surface area contributed by atoms with Gasteiger partial charge in [0.15, 0.2) is 0 Å². The van der Waals surface area contributed by atoms with Gasteiger partial charge in [0.2, 0.25) is 0 Å². The summed E-state index contributed by atoms with van der Waals surface area (Å²) in [5, 5.41) is 9.72. The average molecular weight is 233 g/mol. The Bertz CT molecular complexity index is 543. The third-order valence-corrected chi connectivity index (χ3v) is 2.45. The maximum Gasteiger partial charge on any atom is 0.307 e. The highest BCUT2D eigenvalue weighted by molar-refractivity contribution is 5.87. The largest absolute Gasteiger partial charge is 0.491 e. The van der Waals surface area contributed by atoms with Gasteiger partial charge in [-0.1, -0.05) is 0 Å². The summed E-state index contributed by atoms with van der Waals surface area (Å²) in [6.07, 6.45) is 1.86. The Hall–Kier alpha value is -1.97. The smallest absolute Gasteiger partial charge is 0.307 e. The number of hydrogen-bond acceptors (Lipinski definition) is 2. The fourth-order valence-electron chi connectivity index (χ4n) is 1.81. The van der Waals surface area contributed by atoms with Crippen LogP contribution in [0.2, 0.25) is 0 Å². The average Bonchev–Trinajstić information content (AvgIpc) is 2.59. The Kier molecular flexibility index (Phi) is 3.04. The fraction of sp³-hybridized carbons (Fsp3) is 0.308. The number of carbonyl (C=O) groups is 1. The Balaban J connectivity index is 2.39. The third kappa shape index (κ3) is 2.58. The van der Waals surface area contributed by atoms with E-state index < -0.39 is 5.97 Å². The zero-order valence-corrected chi connectivity index (χ0v) is 9.86. The molecule has 2 aromatic rings. The summed E-state index contributed by atoms with van der Waals surface area (Å²) in [5.74, 6) is -0.0696. The minimum atomic E-state index is -0.832. The molecule has 0 aliphatic carbocycles. The minimum absolute atomic E-state index is 0.0190. The molecule has 2 N–H and O–H groups in total. The van der Waals surface area contributed by atoms with E-state index >= 15 is 0 Å². The quantitative estimate of drug-likeness (QED) is 0.853. The number of carboxylic acids is 1. The summed E-state index contributed by atoms with van der Waals surface area (Å²) in [7, 11) is 0.